The summed E-state index contributed by atoms with van der Waals surface area (Å²) in [5.41, 5.74) is 2.74. The molecule has 2 amide bonds. The topological polar surface area (TPSA) is 44.8 Å². The molecule has 0 aromatic heterocycles. The predicted octanol–water partition coefficient (Wildman–Crippen LogP) is 4.52. The first kappa shape index (κ1) is 20.2. The molecule has 1 saturated heterocycles. The van der Waals surface area contributed by atoms with Crippen molar-refractivity contribution in [2.75, 3.05) is 45.2 Å². The molecule has 1 N–H and O–H groups in total. The summed E-state index contributed by atoms with van der Waals surface area (Å²) < 4.78 is 5.33. The molecule has 0 atom stereocenters. The maximum absolute atomic E-state index is 12.6. The quantitative estimate of drug-likeness (QED) is 0.803. The maximum Gasteiger partial charge on any atom is 0.322 e. The van der Waals surface area contributed by atoms with E-state index in [-0.39, 0.29) is 6.03 Å². The number of carbonyl (C=O) groups is 1. The zero-order chi connectivity index (χ0) is 19.9. The second kappa shape index (κ2) is 9.62. The van der Waals surface area contributed by atoms with Crippen LogP contribution in [-0.2, 0) is 0 Å². The number of nitrogens with zero attached hydrogens (tertiary/aromatic N) is 2. The van der Waals surface area contributed by atoms with Crippen LogP contribution in [0.5, 0.6) is 5.75 Å². The summed E-state index contributed by atoms with van der Waals surface area (Å²) in [5, 5.41) is 3.57. The highest BCUT2D eigenvalue weighted by Crippen LogP contribution is 2.31. The Balaban J connectivity index is 1.50. The third kappa shape index (κ3) is 5.27. The minimum atomic E-state index is -0.112. The molecule has 1 heterocycles. The van der Waals surface area contributed by atoms with E-state index in [0.717, 1.165) is 25.2 Å². The first-order chi connectivity index (χ1) is 13.6. The monoisotopic (exact) mass is 399 g/mol. The molecule has 0 spiro atoms. The number of nitrogens with one attached hydrogen (secondary N) is 1. The number of amides is 2. The molecule has 3 rings (SSSR count). The van der Waals surface area contributed by atoms with E-state index in [2.05, 4.69) is 34.5 Å². The lowest BCUT2D eigenvalue weighted by atomic mass is 10.2. The molecule has 28 heavy (non-hydrogen) atoms. The fourth-order valence-electron chi connectivity index (χ4n) is 3.16. The largest absolute Gasteiger partial charge is 0.495 e. The lowest BCUT2D eigenvalue weighted by molar-refractivity contribution is 0.156. The van der Waals surface area contributed by atoms with Gasteiger partial charge in [-0.1, -0.05) is 54.1 Å². The van der Waals surface area contributed by atoms with E-state index in [1.807, 2.05) is 36.1 Å². The van der Waals surface area contributed by atoms with Crippen LogP contribution in [0.4, 0.5) is 10.5 Å². The van der Waals surface area contributed by atoms with Crippen LogP contribution in [0.3, 0.4) is 0 Å². The van der Waals surface area contributed by atoms with E-state index in [1.54, 1.807) is 13.2 Å². The highest BCUT2D eigenvalue weighted by atomic mass is 35.5. The van der Waals surface area contributed by atoms with Crippen LogP contribution in [0.15, 0.2) is 48.5 Å². The third-order valence-corrected chi connectivity index (χ3v) is 5.26. The van der Waals surface area contributed by atoms with E-state index < -0.39 is 0 Å². The summed E-state index contributed by atoms with van der Waals surface area (Å²) >= 11 is 6.13. The van der Waals surface area contributed by atoms with Crippen molar-refractivity contribution < 1.29 is 9.53 Å². The number of halogens is 1. The molecule has 0 unspecified atom stereocenters. The van der Waals surface area contributed by atoms with Crippen molar-refractivity contribution >= 4 is 29.4 Å². The Morgan fingerprint density at radius 2 is 1.89 bits per heavy atom. The van der Waals surface area contributed by atoms with Gasteiger partial charge in [0.1, 0.15) is 5.75 Å². The Bertz CT molecular complexity index is 831. The highest BCUT2D eigenvalue weighted by molar-refractivity contribution is 6.31. The van der Waals surface area contributed by atoms with E-state index in [1.165, 1.54) is 5.56 Å². The minimum absolute atomic E-state index is 0.112. The summed E-state index contributed by atoms with van der Waals surface area (Å²) in [4.78, 5) is 16.8. The normalized spacial score (nSPS) is 15.0. The third-order valence-electron chi connectivity index (χ3n) is 4.86. The van der Waals surface area contributed by atoms with Crippen LogP contribution >= 0.6 is 11.6 Å². The molecule has 1 fully saturated rings. The van der Waals surface area contributed by atoms with Crippen LogP contribution in [0.2, 0.25) is 5.02 Å². The number of piperazine rings is 1. The number of hydrogen-bond donors (Lipinski definition) is 1. The van der Waals surface area contributed by atoms with E-state index in [0.29, 0.717) is 29.5 Å². The van der Waals surface area contributed by atoms with Gasteiger partial charge in [0.2, 0.25) is 0 Å². The van der Waals surface area contributed by atoms with Crippen molar-refractivity contribution in [3.05, 3.63) is 64.7 Å². The van der Waals surface area contributed by atoms with E-state index >= 15 is 0 Å². The first-order valence-corrected chi connectivity index (χ1v) is 9.78. The first-order valence-electron chi connectivity index (χ1n) is 9.41. The van der Waals surface area contributed by atoms with Crippen molar-refractivity contribution in [1.29, 1.82) is 0 Å². The number of anilines is 1. The molecule has 0 aliphatic carbocycles. The molecule has 5 nitrogen and oxygen atoms in total. The van der Waals surface area contributed by atoms with Gasteiger partial charge in [-0.25, -0.2) is 4.79 Å². The summed E-state index contributed by atoms with van der Waals surface area (Å²) in [6, 6.07) is 13.7. The SMILES string of the molecule is COc1cc(Cl)c(C)cc1NC(=O)N1CCN(C/C=C/c2ccccc2)CC1. The van der Waals surface area contributed by atoms with Gasteiger partial charge in [-0.3, -0.25) is 4.90 Å². The van der Waals surface area contributed by atoms with Crippen molar-refractivity contribution in [2.45, 2.75) is 6.92 Å². The summed E-state index contributed by atoms with van der Waals surface area (Å²) in [6.07, 6.45) is 4.31. The molecule has 2 aromatic rings. The summed E-state index contributed by atoms with van der Waals surface area (Å²) in [5.74, 6) is 0.564. The number of carbonyl (C=O) groups excluding carboxylic acids is 1. The van der Waals surface area contributed by atoms with Gasteiger partial charge < -0.3 is 15.0 Å². The average Bonchev–Trinajstić information content (AvgIpc) is 2.72. The molecule has 0 radical (unpaired) electrons. The lowest BCUT2D eigenvalue weighted by Gasteiger charge is -2.34. The number of aryl methyl sites for hydroxylation is 1. The molecule has 0 saturated carbocycles. The van der Waals surface area contributed by atoms with Crippen molar-refractivity contribution in [2.24, 2.45) is 0 Å². The van der Waals surface area contributed by atoms with Crippen molar-refractivity contribution in [1.82, 2.24) is 9.80 Å². The number of hydrogen-bond acceptors (Lipinski definition) is 3. The van der Waals surface area contributed by atoms with E-state index in [4.69, 9.17) is 16.3 Å². The highest BCUT2D eigenvalue weighted by Gasteiger charge is 2.21. The smallest absolute Gasteiger partial charge is 0.322 e. The molecular weight excluding hydrogens is 374 g/mol. The molecule has 1 aliphatic rings. The molecule has 1 aliphatic heterocycles. The number of benzene rings is 2. The van der Waals surface area contributed by atoms with Crippen LogP contribution < -0.4 is 10.1 Å². The summed E-state index contributed by atoms with van der Waals surface area (Å²) in [6.45, 7) is 5.88. The zero-order valence-corrected chi connectivity index (χ0v) is 17.1. The number of ether oxygens (including phenoxy) is 1. The Labute approximate surface area is 171 Å². The molecule has 0 bridgehead atoms. The second-order valence-corrected chi connectivity index (χ2v) is 7.24. The molecule has 6 heteroatoms. The fraction of sp³-hybridized carbons (Fsp3) is 0.318. The standard InChI is InChI=1S/C22H26ClN3O2/c1-17-15-20(21(28-2)16-19(17)23)24-22(27)26-13-11-25(12-14-26)10-6-9-18-7-4-3-5-8-18/h3-9,15-16H,10-14H2,1-2H3,(H,24,27)/b9-6+. The van der Waals surface area contributed by atoms with Crippen LogP contribution in [0.25, 0.3) is 6.08 Å². The Hall–Kier alpha value is -2.50. The Morgan fingerprint density at radius 3 is 2.57 bits per heavy atom. The Morgan fingerprint density at radius 1 is 1.18 bits per heavy atom. The van der Waals surface area contributed by atoms with Crippen molar-refractivity contribution in [3.8, 4) is 5.75 Å². The zero-order valence-electron chi connectivity index (χ0n) is 16.3. The number of urea groups is 1. The van der Waals surface area contributed by atoms with Gasteiger partial charge in [0.15, 0.2) is 0 Å². The van der Waals surface area contributed by atoms with Crippen LogP contribution in [0, 0.1) is 6.92 Å². The molecule has 148 valence electrons. The van der Waals surface area contributed by atoms with Gasteiger partial charge in [-0.05, 0) is 24.1 Å². The van der Waals surface area contributed by atoms with Gasteiger partial charge in [-0.2, -0.15) is 0 Å². The van der Waals surface area contributed by atoms with Gasteiger partial charge >= 0.3 is 6.03 Å². The predicted molar refractivity (Wildman–Crippen MR) is 115 cm³/mol. The van der Waals surface area contributed by atoms with Gasteiger partial charge in [0.25, 0.3) is 0 Å². The van der Waals surface area contributed by atoms with Gasteiger partial charge in [0, 0.05) is 43.8 Å². The molecule has 2 aromatic carbocycles. The minimum Gasteiger partial charge on any atom is -0.495 e. The average molecular weight is 400 g/mol. The maximum atomic E-state index is 12.6. The second-order valence-electron chi connectivity index (χ2n) is 6.83. The van der Waals surface area contributed by atoms with Gasteiger partial charge in [-0.15, -0.1) is 0 Å². The van der Waals surface area contributed by atoms with Gasteiger partial charge in [0.05, 0.1) is 12.8 Å². The number of methoxy groups -OCH3 is 1. The number of rotatable bonds is 5. The van der Waals surface area contributed by atoms with Crippen LogP contribution in [-0.4, -0.2) is 55.7 Å². The fourth-order valence-corrected chi connectivity index (χ4v) is 3.31. The summed E-state index contributed by atoms with van der Waals surface area (Å²) in [7, 11) is 1.57. The van der Waals surface area contributed by atoms with Crippen LogP contribution in [0.1, 0.15) is 11.1 Å². The molecular formula is C22H26ClN3O2. The van der Waals surface area contributed by atoms with E-state index in [9.17, 15) is 4.79 Å². The lowest BCUT2D eigenvalue weighted by Crippen LogP contribution is -2.49. The Kier molecular flexibility index (Phi) is 6.95. The van der Waals surface area contributed by atoms with Crippen molar-refractivity contribution in [3.63, 3.8) is 0 Å².